The monoisotopic (exact) mass is 453 g/mol. The Morgan fingerprint density at radius 2 is 1.94 bits per heavy atom. The maximum absolute atomic E-state index is 13.0. The number of fused-ring (bicyclic) bond motifs is 1. The van der Waals surface area contributed by atoms with E-state index in [9.17, 15) is 9.59 Å². The van der Waals surface area contributed by atoms with E-state index in [1.54, 1.807) is 6.08 Å². The predicted octanol–water partition coefficient (Wildman–Crippen LogP) is 6.54. The minimum Gasteiger partial charge on any atom is -0.457 e. The van der Waals surface area contributed by atoms with Crippen molar-refractivity contribution in [3.8, 4) is 0 Å². The number of carbonyl (C=O) groups excluding carboxylic acids is 2. The molecule has 0 amide bonds. The summed E-state index contributed by atoms with van der Waals surface area (Å²) in [5.41, 5.74) is 4.09. The highest BCUT2D eigenvalue weighted by Gasteiger charge is 2.63. The molecule has 0 aromatic rings. The number of likely N-dealkylation sites (tertiary alicyclic amines) is 1. The van der Waals surface area contributed by atoms with Crippen LogP contribution in [0.1, 0.15) is 85.5 Å². The van der Waals surface area contributed by atoms with E-state index in [2.05, 4.69) is 44.4 Å². The molecule has 3 rings (SSSR count). The van der Waals surface area contributed by atoms with Crippen LogP contribution in [0.2, 0.25) is 0 Å². The Balaban J connectivity index is 1.84. The van der Waals surface area contributed by atoms with Gasteiger partial charge in [0.2, 0.25) is 0 Å². The molecule has 0 spiro atoms. The molecule has 4 atom stereocenters. The molecule has 4 nitrogen and oxygen atoms in total. The molecular weight excluding hydrogens is 410 g/mol. The molecule has 0 unspecified atom stereocenters. The van der Waals surface area contributed by atoms with Crippen molar-refractivity contribution in [2.24, 2.45) is 17.3 Å². The predicted molar refractivity (Wildman–Crippen MR) is 135 cm³/mol. The van der Waals surface area contributed by atoms with Gasteiger partial charge in [0.25, 0.3) is 0 Å². The van der Waals surface area contributed by atoms with Crippen molar-refractivity contribution in [2.75, 3.05) is 13.1 Å². The Kier molecular flexibility index (Phi) is 8.78. The van der Waals surface area contributed by atoms with Gasteiger partial charge >= 0.3 is 5.97 Å². The van der Waals surface area contributed by atoms with E-state index in [0.717, 1.165) is 62.7 Å². The standard InChI is InChI=1S/C29H43NO3/c1-21(2)11-10-16-29(20-31)25-15-14-22(3)12-9-13-23(4)27(25)28(29)33-26(32)19-24(5)30-17-7-6-8-18-30/h11-12,19-20,25,27-28H,4,6-10,13-18H2,1-3,5H3/b22-12+,24-19-/t25-,27-,28+,29-/m0/s1. The molecular formula is C29H43NO3. The lowest BCUT2D eigenvalue weighted by molar-refractivity contribution is -0.197. The number of aldehydes is 1. The molecule has 0 bridgehead atoms. The Morgan fingerprint density at radius 1 is 1.21 bits per heavy atom. The molecule has 0 radical (unpaired) electrons. The number of rotatable bonds is 7. The molecule has 3 aliphatic rings. The van der Waals surface area contributed by atoms with Crippen LogP contribution in [0.3, 0.4) is 0 Å². The summed E-state index contributed by atoms with van der Waals surface area (Å²) in [5.74, 6) is -0.0785. The molecule has 2 fully saturated rings. The summed E-state index contributed by atoms with van der Waals surface area (Å²) >= 11 is 0. The lowest BCUT2D eigenvalue weighted by Crippen LogP contribution is -2.63. The Morgan fingerprint density at radius 3 is 2.61 bits per heavy atom. The minimum absolute atomic E-state index is 0.0637. The molecule has 1 saturated heterocycles. The molecule has 1 heterocycles. The molecule has 182 valence electrons. The average Bonchev–Trinajstić information content (AvgIpc) is 2.84. The van der Waals surface area contributed by atoms with Crippen LogP contribution in [0.15, 0.2) is 47.2 Å². The first kappa shape index (κ1) is 25.5. The van der Waals surface area contributed by atoms with Crippen LogP contribution in [0, 0.1) is 17.3 Å². The van der Waals surface area contributed by atoms with Gasteiger partial charge in [-0.05, 0) is 91.4 Å². The van der Waals surface area contributed by atoms with Crippen molar-refractivity contribution in [1.82, 2.24) is 4.90 Å². The lowest BCUT2D eigenvalue weighted by Gasteiger charge is -2.58. The van der Waals surface area contributed by atoms with Crippen molar-refractivity contribution >= 4 is 12.3 Å². The minimum atomic E-state index is -0.632. The normalized spacial score (nSPS) is 32.2. The van der Waals surface area contributed by atoms with Crippen LogP contribution in [0.5, 0.6) is 0 Å². The third-order valence-corrected chi connectivity index (χ3v) is 8.03. The topological polar surface area (TPSA) is 46.6 Å². The van der Waals surface area contributed by atoms with E-state index >= 15 is 0 Å². The van der Waals surface area contributed by atoms with E-state index in [1.165, 1.54) is 30.4 Å². The van der Waals surface area contributed by atoms with Crippen molar-refractivity contribution < 1.29 is 14.3 Å². The number of ether oxygens (including phenoxy) is 1. The van der Waals surface area contributed by atoms with Gasteiger partial charge in [-0.1, -0.05) is 35.5 Å². The van der Waals surface area contributed by atoms with Crippen LogP contribution < -0.4 is 0 Å². The Bertz CT molecular complexity index is 826. The molecule has 0 aromatic carbocycles. The summed E-state index contributed by atoms with van der Waals surface area (Å²) in [4.78, 5) is 28.0. The van der Waals surface area contributed by atoms with Gasteiger partial charge in [0.05, 0.1) is 5.41 Å². The number of hydrogen-bond donors (Lipinski definition) is 0. The number of carbonyl (C=O) groups is 2. The molecule has 0 aromatic heterocycles. The van der Waals surface area contributed by atoms with E-state index in [4.69, 9.17) is 4.74 Å². The van der Waals surface area contributed by atoms with Crippen LogP contribution in [-0.4, -0.2) is 36.3 Å². The van der Waals surface area contributed by atoms with E-state index in [-0.39, 0.29) is 17.8 Å². The zero-order valence-corrected chi connectivity index (χ0v) is 21.2. The first-order valence-electron chi connectivity index (χ1n) is 12.9. The number of esters is 1. The fraction of sp³-hybridized carbons (Fsp3) is 0.655. The fourth-order valence-electron chi connectivity index (χ4n) is 6.08. The quantitative estimate of drug-likeness (QED) is 0.190. The van der Waals surface area contributed by atoms with E-state index in [0.29, 0.717) is 6.42 Å². The van der Waals surface area contributed by atoms with Gasteiger partial charge in [-0.25, -0.2) is 4.79 Å². The van der Waals surface area contributed by atoms with Gasteiger partial charge in [-0.3, -0.25) is 0 Å². The van der Waals surface area contributed by atoms with Crippen molar-refractivity contribution in [1.29, 1.82) is 0 Å². The van der Waals surface area contributed by atoms with Crippen LogP contribution >= 0.6 is 0 Å². The van der Waals surface area contributed by atoms with Gasteiger partial charge in [0.1, 0.15) is 12.4 Å². The maximum atomic E-state index is 13.0. The Labute approximate surface area is 200 Å². The largest absolute Gasteiger partial charge is 0.457 e. The number of piperidine rings is 1. The average molecular weight is 454 g/mol. The second kappa shape index (κ2) is 11.4. The number of hydrogen-bond acceptors (Lipinski definition) is 4. The first-order valence-corrected chi connectivity index (χ1v) is 12.9. The van der Waals surface area contributed by atoms with Crippen LogP contribution in [0.4, 0.5) is 0 Å². The van der Waals surface area contributed by atoms with E-state index in [1.807, 2.05) is 6.92 Å². The van der Waals surface area contributed by atoms with Crippen LogP contribution in [0.25, 0.3) is 0 Å². The second-order valence-electron chi connectivity index (χ2n) is 10.7. The zero-order chi connectivity index (χ0) is 24.0. The smallest absolute Gasteiger partial charge is 0.332 e. The zero-order valence-electron chi connectivity index (χ0n) is 21.2. The highest BCUT2D eigenvalue weighted by Crippen LogP contribution is 2.60. The van der Waals surface area contributed by atoms with Gasteiger partial charge in [0, 0.05) is 30.8 Å². The lowest BCUT2D eigenvalue weighted by atomic mass is 9.47. The molecule has 2 aliphatic carbocycles. The van der Waals surface area contributed by atoms with Gasteiger partial charge < -0.3 is 14.4 Å². The summed E-state index contributed by atoms with van der Waals surface area (Å²) in [7, 11) is 0. The third kappa shape index (κ3) is 5.88. The second-order valence-corrected chi connectivity index (χ2v) is 10.7. The molecule has 33 heavy (non-hydrogen) atoms. The molecule has 1 aliphatic heterocycles. The number of allylic oxidation sites excluding steroid dienone is 5. The highest BCUT2D eigenvalue weighted by molar-refractivity contribution is 5.83. The summed E-state index contributed by atoms with van der Waals surface area (Å²) < 4.78 is 6.14. The summed E-state index contributed by atoms with van der Waals surface area (Å²) in [6.45, 7) is 14.7. The molecule has 4 heteroatoms. The third-order valence-electron chi connectivity index (χ3n) is 8.03. The summed E-state index contributed by atoms with van der Waals surface area (Å²) in [6.07, 6.45) is 15.7. The van der Waals surface area contributed by atoms with E-state index < -0.39 is 11.5 Å². The Hall–Kier alpha value is -2.10. The summed E-state index contributed by atoms with van der Waals surface area (Å²) in [6, 6.07) is 0. The first-order chi connectivity index (χ1) is 15.8. The van der Waals surface area contributed by atoms with Crippen molar-refractivity contribution in [3.05, 3.63) is 47.2 Å². The fourth-order valence-corrected chi connectivity index (χ4v) is 6.08. The van der Waals surface area contributed by atoms with Crippen LogP contribution in [-0.2, 0) is 14.3 Å². The van der Waals surface area contributed by atoms with Gasteiger partial charge in [0.15, 0.2) is 0 Å². The molecule has 1 saturated carbocycles. The SMILES string of the molecule is C=C1CC/C=C(\C)CC[C@H]2[C@H]1[C@@H](OC(=O)/C=C(/C)N1CCCCC1)[C@]2(C=O)CCC=C(C)C. The van der Waals surface area contributed by atoms with Gasteiger partial charge in [-0.15, -0.1) is 0 Å². The summed E-state index contributed by atoms with van der Waals surface area (Å²) in [5, 5.41) is 0. The van der Waals surface area contributed by atoms with Crippen molar-refractivity contribution in [3.63, 3.8) is 0 Å². The highest BCUT2D eigenvalue weighted by atomic mass is 16.5. The molecule has 0 N–H and O–H groups in total. The van der Waals surface area contributed by atoms with Gasteiger partial charge in [-0.2, -0.15) is 0 Å². The number of nitrogens with zero attached hydrogens (tertiary/aromatic N) is 1. The maximum Gasteiger partial charge on any atom is 0.332 e. The van der Waals surface area contributed by atoms with Crippen molar-refractivity contribution in [2.45, 2.75) is 91.6 Å².